The fraction of sp³-hybridized carbons (Fsp3) is 0.929. The van der Waals surface area contributed by atoms with Crippen LogP contribution in [0, 0.1) is 11.3 Å². The van der Waals surface area contributed by atoms with Crippen molar-refractivity contribution in [3.8, 4) is 6.07 Å². The molecular formula is C14H25N3. The molecule has 0 N–H and O–H groups in total. The lowest BCUT2D eigenvalue weighted by molar-refractivity contribution is 0.0701. The van der Waals surface area contributed by atoms with Crippen molar-refractivity contribution < 1.29 is 0 Å². The highest BCUT2D eigenvalue weighted by molar-refractivity contribution is 4.87. The van der Waals surface area contributed by atoms with E-state index in [0.29, 0.717) is 12.5 Å². The number of hydrogen-bond acceptors (Lipinski definition) is 3. The molecule has 0 aromatic rings. The van der Waals surface area contributed by atoms with E-state index < -0.39 is 0 Å². The molecule has 1 heterocycles. The van der Waals surface area contributed by atoms with Crippen molar-refractivity contribution in [1.29, 1.82) is 5.26 Å². The van der Waals surface area contributed by atoms with Crippen LogP contribution in [0.3, 0.4) is 0 Å². The summed E-state index contributed by atoms with van der Waals surface area (Å²) in [6.07, 6.45) is 7.48. The molecular weight excluding hydrogens is 210 g/mol. The highest BCUT2D eigenvalue weighted by Gasteiger charge is 2.28. The van der Waals surface area contributed by atoms with E-state index in [9.17, 15) is 0 Å². The second kappa shape index (κ2) is 6.37. The third-order valence-electron chi connectivity index (χ3n) is 4.50. The third-order valence-corrected chi connectivity index (χ3v) is 4.50. The molecule has 2 rings (SSSR count). The summed E-state index contributed by atoms with van der Waals surface area (Å²) in [7, 11) is 0. The molecule has 0 spiro atoms. The molecule has 1 aliphatic carbocycles. The average Bonchev–Trinajstić information content (AvgIpc) is 2.90. The fourth-order valence-electron chi connectivity index (χ4n) is 3.37. The van der Waals surface area contributed by atoms with Crippen molar-refractivity contribution in [1.82, 2.24) is 9.80 Å². The maximum Gasteiger partial charge on any atom is 0.0638 e. The molecule has 2 aliphatic rings. The summed E-state index contributed by atoms with van der Waals surface area (Å²) < 4.78 is 0. The van der Waals surface area contributed by atoms with Gasteiger partial charge in [0, 0.05) is 38.3 Å². The maximum absolute atomic E-state index is 8.84. The summed E-state index contributed by atoms with van der Waals surface area (Å²) in [4.78, 5) is 5.21. The molecule has 0 bridgehead atoms. The standard InChI is InChI=1S/C14H25N3/c1-2-13(7-8-15)16-9-11-17(12-10-16)14-5-3-4-6-14/h13-14H,2-7,9-12H2,1H3. The van der Waals surface area contributed by atoms with E-state index >= 15 is 0 Å². The number of piperazine rings is 1. The first kappa shape index (κ1) is 12.9. The molecule has 2 fully saturated rings. The summed E-state index contributed by atoms with van der Waals surface area (Å²) >= 11 is 0. The van der Waals surface area contributed by atoms with Gasteiger partial charge < -0.3 is 0 Å². The van der Waals surface area contributed by atoms with Crippen LogP contribution >= 0.6 is 0 Å². The Balaban J connectivity index is 1.78. The van der Waals surface area contributed by atoms with Crippen LogP contribution in [-0.4, -0.2) is 48.1 Å². The van der Waals surface area contributed by atoms with Gasteiger partial charge in [-0.2, -0.15) is 5.26 Å². The van der Waals surface area contributed by atoms with Crippen LogP contribution in [0.1, 0.15) is 45.4 Å². The number of nitriles is 1. The van der Waals surface area contributed by atoms with Gasteiger partial charge in [0.2, 0.25) is 0 Å². The molecule has 3 nitrogen and oxygen atoms in total. The zero-order valence-corrected chi connectivity index (χ0v) is 11.1. The van der Waals surface area contributed by atoms with Crippen LogP contribution in [0.15, 0.2) is 0 Å². The second-order valence-electron chi connectivity index (χ2n) is 5.43. The first-order chi connectivity index (χ1) is 8.35. The smallest absolute Gasteiger partial charge is 0.0638 e. The third kappa shape index (κ3) is 3.20. The van der Waals surface area contributed by atoms with Gasteiger partial charge in [-0.25, -0.2) is 0 Å². The van der Waals surface area contributed by atoms with Gasteiger partial charge in [-0.1, -0.05) is 19.8 Å². The summed E-state index contributed by atoms with van der Waals surface area (Å²) in [5.74, 6) is 0. The van der Waals surface area contributed by atoms with E-state index in [4.69, 9.17) is 5.26 Å². The van der Waals surface area contributed by atoms with Crippen molar-refractivity contribution in [2.75, 3.05) is 26.2 Å². The lowest BCUT2D eigenvalue weighted by Crippen LogP contribution is -2.52. The monoisotopic (exact) mass is 235 g/mol. The van der Waals surface area contributed by atoms with Gasteiger partial charge in [-0.15, -0.1) is 0 Å². The Kier molecular flexibility index (Phi) is 4.82. The fourth-order valence-corrected chi connectivity index (χ4v) is 3.37. The molecule has 96 valence electrons. The zero-order chi connectivity index (χ0) is 12.1. The van der Waals surface area contributed by atoms with Crippen molar-refractivity contribution in [3.05, 3.63) is 0 Å². The maximum atomic E-state index is 8.84. The Hall–Kier alpha value is -0.590. The minimum Gasteiger partial charge on any atom is -0.298 e. The Morgan fingerprint density at radius 3 is 2.35 bits per heavy atom. The van der Waals surface area contributed by atoms with Crippen LogP contribution in [0.2, 0.25) is 0 Å². The van der Waals surface area contributed by atoms with Crippen LogP contribution in [-0.2, 0) is 0 Å². The minimum absolute atomic E-state index is 0.491. The molecule has 1 atom stereocenters. The number of nitrogens with zero attached hydrogens (tertiary/aromatic N) is 3. The average molecular weight is 235 g/mol. The Morgan fingerprint density at radius 1 is 1.18 bits per heavy atom. The highest BCUT2D eigenvalue weighted by atomic mass is 15.3. The summed E-state index contributed by atoms with van der Waals surface area (Å²) in [6, 6.07) is 3.69. The van der Waals surface area contributed by atoms with Crippen molar-refractivity contribution in [2.45, 2.75) is 57.5 Å². The molecule has 1 saturated heterocycles. The van der Waals surface area contributed by atoms with E-state index in [1.807, 2.05) is 0 Å². The van der Waals surface area contributed by atoms with Crippen LogP contribution < -0.4 is 0 Å². The molecule has 1 saturated carbocycles. The quantitative estimate of drug-likeness (QED) is 0.748. The van der Waals surface area contributed by atoms with E-state index in [2.05, 4.69) is 22.8 Å². The van der Waals surface area contributed by atoms with Gasteiger partial charge in [0.05, 0.1) is 12.5 Å². The topological polar surface area (TPSA) is 30.3 Å². The largest absolute Gasteiger partial charge is 0.298 e. The highest BCUT2D eigenvalue weighted by Crippen LogP contribution is 2.25. The SMILES string of the molecule is CCC(CC#N)N1CCN(C2CCCC2)CC1. The molecule has 1 unspecified atom stereocenters. The summed E-state index contributed by atoms with van der Waals surface area (Å²) in [6.45, 7) is 6.96. The Labute approximate surface area is 105 Å². The lowest BCUT2D eigenvalue weighted by atomic mass is 10.1. The van der Waals surface area contributed by atoms with Gasteiger partial charge in [-0.05, 0) is 19.3 Å². The van der Waals surface area contributed by atoms with Crippen molar-refractivity contribution in [2.24, 2.45) is 0 Å². The number of hydrogen-bond donors (Lipinski definition) is 0. The second-order valence-corrected chi connectivity index (χ2v) is 5.43. The van der Waals surface area contributed by atoms with E-state index in [-0.39, 0.29) is 0 Å². The van der Waals surface area contributed by atoms with Crippen LogP contribution in [0.4, 0.5) is 0 Å². The first-order valence-corrected chi connectivity index (χ1v) is 7.20. The molecule has 1 aliphatic heterocycles. The van der Waals surface area contributed by atoms with Gasteiger partial charge in [0.15, 0.2) is 0 Å². The predicted molar refractivity (Wildman–Crippen MR) is 69.7 cm³/mol. The van der Waals surface area contributed by atoms with Gasteiger partial charge in [0.1, 0.15) is 0 Å². The zero-order valence-electron chi connectivity index (χ0n) is 11.1. The normalized spacial score (nSPS) is 25.9. The molecule has 0 aromatic heterocycles. The Bertz CT molecular complexity index is 257. The van der Waals surface area contributed by atoms with Crippen molar-refractivity contribution >= 4 is 0 Å². The summed E-state index contributed by atoms with van der Waals surface area (Å²) in [5.41, 5.74) is 0. The molecule has 0 amide bonds. The minimum atomic E-state index is 0.491. The lowest BCUT2D eigenvalue weighted by Gasteiger charge is -2.40. The van der Waals surface area contributed by atoms with Crippen LogP contribution in [0.25, 0.3) is 0 Å². The number of rotatable bonds is 4. The van der Waals surface area contributed by atoms with Gasteiger partial charge in [-0.3, -0.25) is 9.80 Å². The molecule has 17 heavy (non-hydrogen) atoms. The molecule has 3 heteroatoms. The van der Waals surface area contributed by atoms with Gasteiger partial charge >= 0.3 is 0 Å². The first-order valence-electron chi connectivity index (χ1n) is 7.20. The summed E-state index contributed by atoms with van der Waals surface area (Å²) in [5, 5.41) is 8.84. The van der Waals surface area contributed by atoms with Crippen molar-refractivity contribution in [3.63, 3.8) is 0 Å². The molecule has 0 radical (unpaired) electrons. The van der Waals surface area contributed by atoms with E-state index in [0.717, 1.165) is 25.6 Å². The predicted octanol–water partition coefficient (Wildman–Crippen LogP) is 2.24. The Morgan fingerprint density at radius 2 is 1.82 bits per heavy atom. The van der Waals surface area contributed by atoms with Crippen LogP contribution in [0.5, 0.6) is 0 Å². The van der Waals surface area contributed by atoms with Gasteiger partial charge in [0.25, 0.3) is 0 Å². The van der Waals surface area contributed by atoms with E-state index in [1.54, 1.807) is 0 Å². The molecule has 0 aromatic carbocycles. The van der Waals surface area contributed by atoms with E-state index in [1.165, 1.54) is 38.8 Å².